The highest BCUT2D eigenvalue weighted by Crippen LogP contribution is 2.25. The lowest BCUT2D eigenvalue weighted by Gasteiger charge is -2.36. The number of pyridine rings is 1. The maximum atomic E-state index is 13.2. The molecule has 2 aliphatic heterocycles. The van der Waals surface area contributed by atoms with Crippen LogP contribution >= 0.6 is 0 Å². The summed E-state index contributed by atoms with van der Waals surface area (Å²) in [6, 6.07) is 18.9. The zero-order valence-electron chi connectivity index (χ0n) is 24.0. The van der Waals surface area contributed by atoms with Crippen molar-refractivity contribution in [1.29, 1.82) is 0 Å². The van der Waals surface area contributed by atoms with Gasteiger partial charge in [-0.3, -0.25) is 14.4 Å². The summed E-state index contributed by atoms with van der Waals surface area (Å²) in [5.41, 5.74) is 3.94. The predicted octanol–water partition coefficient (Wildman–Crippen LogP) is 4.03. The van der Waals surface area contributed by atoms with E-state index in [0.29, 0.717) is 62.0 Å². The number of hydrogen-bond donors (Lipinski definition) is 1. The number of Topliss-reactive ketones (excluding diaryl/α,β-unsaturated/α-hetero) is 1. The standard InChI is InChI=1S/C32H38N6O3/c1-23(2)34-29-5-4-14-33-30(29)36-17-21-38(22-18-36)32(41)27-8-6-26(7-9-27)31(40)37-19-15-35(16-20-37)28-12-10-25(11-13-28)24(3)39/h4-14,23,34H,15-22H2,1-3H3. The van der Waals surface area contributed by atoms with E-state index in [0.717, 1.165) is 30.3 Å². The molecule has 1 aromatic heterocycles. The molecule has 0 saturated carbocycles. The maximum Gasteiger partial charge on any atom is 0.253 e. The number of aromatic nitrogens is 1. The van der Waals surface area contributed by atoms with Crippen molar-refractivity contribution in [3.63, 3.8) is 0 Å². The molecular formula is C32H38N6O3. The van der Waals surface area contributed by atoms with Gasteiger partial charge in [-0.05, 0) is 81.4 Å². The molecule has 0 radical (unpaired) electrons. The molecule has 2 aromatic carbocycles. The molecule has 0 aliphatic carbocycles. The van der Waals surface area contributed by atoms with Crippen molar-refractivity contribution in [2.24, 2.45) is 0 Å². The third-order valence-corrected chi connectivity index (χ3v) is 7.68. The molecule has 0 atom stereocenters. The van der Waals surface area contributed by atoms with Gasteiger partial charge in [0.1, 0.15) is 0 Å². The second-order valence-electron chi connectivity index (χ2n) is 10.9. The zero-order chi connectivity index (χ0) is 28.9. The van der Waals surface area contributed by atoms with Gasteiger partial charge in [0.25, 0.3) is 11.8 Å². The first kappa shape index (κ1) is 28.1. The minimum atomic E-state index is -0.0228. The first-order chi connectivity index (χ1) is 19.8. The molecule has 9 nitrogen and oxygen atoms in total. The van der Waals surface area contributed by atoms with Gasteiger partial charge >= 0.3 is 0 Å². The SMILES string of the molecule is CC(=O)c1ccc(N2CCN(C(=O)c3ccc(C(=O)N4CCN(c5ncccc5NC(C)C)CC4)cc3)CC2)cc1. The summed E-state index contributed by atoms with van der Waals surface area (Å²) in [6.45, 7) is 11.1. The zero-order valence-corrected chi connectivity index (χ0v) is 24.0. The van der Waals surface area contributed by atoms with Crippen LogP contribution in [0, 0.1) is 0 Å². The molecule has 0 unspecified atom stereocenters. The molecule has 3 heterocycles. The van der Waals surface area contributed by atoms with E-state index >= 15 is 0 Å². The second kappa shape index (κ2) is 12.4. The van der Waals surface area contributed by atoms with E-state index < -0.39 is 0 Å². The van der Waals surface area contributed by atoms with E-state index in [-0.39, 0.29) is 17.6 Å². The van der Waals surface area contributed by atoms with E-state index in [9.17, 15) is 14.4 Å². The van der Waals surface area contributed by atoms with Crippen LogP contribution in [0.15, 0.2) is 66.9 Å². The van der Waals surface area contributed by atoms with Crippen molar-refractivity contribution in [2.45, 2.75) is 26.8 Å². The number of hydrogen-bond acceptors (Lipinski definition) is 7. The minimum Gasteiger partial charge on any atom is -0.380 e. The van der Waals surface area contributed by atoms with Gasteiger partial charge in [0.2, 0.25) is 0 Å². The molecule has 0 bridgehead atoms. The van der Waals surface area contributed by atoms with Crippen LogP contribution in [-0.4, -0.2) is 90.8 Å². The quantitative estimate of drug-likeness (QED) is 0.441. The van der Waals surface area contributed by atoms with Crippen LogP contribution in [0.25, 0.3) is 0 Å². The molecule has 1 N–H and O–H groups in total. The van der Waals surface area contributed by atoms with Crippen molar-refractivity contribution in [2.75, 3.05) is 67.5 Å². The molecule has 41 heavy (non-hydrogen) atoms. The van der Waals surface area contributed by atoms with Crippen molar-refractivity contribution in [1.82, 2.24) is 14.8 Å². The van der Waals surface area contributed by atoms with Gasteiger partial charge in [0.15, 0.2) is 11.6 Å². The summed E-state index contributed by atoms with van der Waals surface area (Å²) in [6.07, 6.45) is 1.80. The highest BCUT2D eigenvalue weighted by atomic mass is 16.2. The Balaban J connectivity index is 1.13. The topological polar surface area (TPSA) is 89.1 Å². The van der Waals surface area contributed by atoms with Gasteiger partial charge in [0, 0.05) is 87.0 Å². The molecule has 2 aliphatic rings. The number of rotatable bonds is 7. The van der Waals surface area contributed by atoms with Gasteiger partial charge in [-0.2, -0.15) is 0 Å². The van der Waals surface area contributed by atoms with Crippen LogP contribution in [0.5, 0.6) is 0 Å². The number of ketones is 1. The number of nitrogens with zero attached hydrogens (tertiary/aromatic N) is 5. The number of carbonyl (C=O) groups excluding carboxylic acids is 3. The molecule has 3 aromatic rings. The van der Waals surface area contributed by atoms with Crippen LogP contribution in [0.1, 0.15) is 51.8 Å². The molecule has 0 spiro atoms. The molecule has 2 saturated heterocycles. The Labute approximate surface area is 241 Å². The molecule has 5 rings (SSSR count). The van der Waals surface area contributed by atoms with Gasteiger partial charge in [-0.15, -0.1) is 0 Å². The summed E-state index contributed by atoms with van der Waals surface area (Å²) in [5.74, 6) is 0.930. The molecular weight excluding hydrogens is 516 g/mol. The fourth-order valence-corrected chi connectivity index (χ4v) is 5.39. The monoisotopic (exact) mass is 554 g/mol. The molecule has 2 amide bonds. The predicted molar refractivity (Wildman–Crippen MR) is 162 cm³/mol. The van der Waals surface area contributed by atoms with Gasteiger partial charge < -0.3 is 24.9 Å². The first-order valence-corrected chi connectivity index (χ1v) is 14.3. The average Bonchev–Trinajstić information content (AvgIpc) is 3.01. The van der Waals surface area contributed by atoms with E-state index in [4.69, 9.17) is 0 Å². The van der Waals surface area contributed by atoms with Crippen molar-refractivity contribution >= 4 is 34.8 Å². The highest BCUT2D eigenvalue weighted by Gasteiger charge is 2.26. The number of nitrogens with one attached hydrogen (secondary N) is 1. The number of amides is 2. The Hall–Kier alpha value is -4.40. The van der Waals surface area contributed by atoms with Gasteiger partial charge in [0.05, 0.1) is 5.69 Å². The smallest absolute Gasteiger partial charge is 0.253 e. The van der Waals surface area contributed by atoms with E-state index in [1.165, 1.54) is 0 Å². The third kappa shape index (κ3) is 6.51. The molecule has 2 fully saturated rings. The number of carbonyl (C=O) groups is 3. The van der Waals surface area contributed by atoms with E-state index in [1.807, 2.05) is 46.2 Å². The highest BCUT2D eigenvalue weighted by molar-refractivity contribution is 5.98. The summed E-state index contributed by atoms with van der Waals surface area (Å²) >= 11 is 0. The fourth-order valence-electron chi connectivity index (χ4n) is 5.39. The summed E-state index contributed by atoms with van der Waals surface area (Å²) in [7, 11) is 0. The maximum absolute atomic E-state index is 13.2. The minimum absolute atomic E-state index is 0.0189. The Morgan fingerprint density at radius 1 is 0.683 bits per heavy atom. The fraction of sp³-hybridized carbons (Fsp3) is 0.375. The molecule has 9 heteroatoms. The number of benzene rings is 2. The van der Waals surface area contributed by atoms with Gasteiger partial charge in [-0.1, -0.05) is 0 Å². The summed E-state index contributed by atoms with van der Waals surface area (Å²) in [5, 5.41) is 3.45. The van der Waals surface area contributed by atoms with Crippen molar-refractivity contribution in [3.8, 4) is 0 Å². The summed E-state index contributed by atoms with van der Waals surface area (Å²) < 4.78 is 0. The van der Waals surface area contributed by atoms with Crippen LogP contribution < -0.4 is 15.1 Å². The third-order valence-electron chi connectivity index (χ3n) is 7.68. The average molecular weight is 555 g/mol. The molecule has 214 valence electrons. The number of anilines is 3. The Morgan fingerprint density at radius 3 is 1.66 bits per heavy atom. The Kier molecular flexibility index (Phi) is 8.52. The lowest BCUT2D eigenvalue weighted by atomic mass is 10.1. The lowest BCUT2D eigenvalue weighted by Crippen LogP contribution is -2.49. The van der Waals surface area contributed by atoms with E-state index in [1.54, 1.807) is 37.4 Å². The Bertz CT molecular complexity index is 1370. The van der Waals surface area contributed by atoms with Crippen LogP contribution in [-0.2, 0) is 0 Å². The first-order valence-electron chi connectivity index (χ1n) is 14.3. The normalized spacial score (nSPS) is 15.7. The van der Waals surface area contributed by atoms with E-state index in [2.05, 4.69) is 33.9 Å². The van der Waals surface area contributed by atoms with Crippen molar-refractivity contribution < 1.29 is 14.4 Å². The van der Waals surface area contributed by atoms with Gasteiger partial charge in [-0.25, -0.2) is 4.98 Å². The van der Waals surface area contributed by atoms with Crippen LogP contribution in [0.2, 0.25) is 0 Å². The largest absolute Gasteiger partial charge is 0.380 e. The Morgan fingerprint density at radius 2 is 1.17 bits per heavy atom. The number of piperazine rings is 2. The van der Waals surface area contributed by atoms with Crippen molar-refractivity contribution in [3.05, 3.63) is 83.6 Å². The van der Waals surface area contributed by atoms with Crippen LogP contribution in [0.4, 0.5) is 17.2 Å². The lowest BCUT2D eigenvalue weighted by molar-refractivity contribution is 0.0734. The second-order valence-corrected chi connectivity index (χ2v) is 10.9. The summed E-state index contributed by atoms with van der Waals surface area (Å²) in [4.78, 5) is 50.7. The van der Waals surface area contributed by atoms with Crippen LogP contribution in [0.3, 0.4) is 0 Å².